The van der Waals surface area contributed by atoms with E-state index in [1.165, 1.54) is 61.2 Å². The van der Waals surface area contributed by atoms with Gasteiger partial charge < -0.3 is 9.64 Å². The SMILES string of the molecule is c1ccc(-c2cccc(N(c3ccc(-c4ccc5c(c4)C4(c6ccccc6-5)c5ccc6ccccc6c5Oc5c4ccc4ccccc54)cc3)c3ccc4c(c3)C(c3ccccc3)(c3ccccc3)c3ccccc3-4)c2)cc1. The first-order valence-corrected chi connectivity index (χ1v) is 27.1. The molecule has 0 fully saturated rings. The maximum Gasteiger partial charge on any atom is 0.140 e. The lowest BCUT2D eigenvalue weighted by atomic mass is 9.65. The molecule has 1 aliphatic heterocycles. The summed E-state index contributed by atoms with van der Waals surface area (Å²) in [7, 11) is 0. The van der Waals surface area contributed by atoms with Crippen molar-refractivity contribution in [2.24, 2.45) is 0 Å². The molecular weight excluding hydrogens is 943 g/mol. The van der Waals surface area contributed by atoms with Crippen molar-refractivity contribution in [3.05, 3.63) is 342 Å². The van der Waals surface area contributed by atoms with Crippen LogP contribution in [0.25, 0.3) is 66.1 Å². The van der Waals surface area contributed by atoms with Gasteiger partial charge in [-0.3, -0.25) is 0 Å². The van der Waals surface area contributed by atoms with Crippen molar-refractivity contribution >= 4 is 38.6 Å². The molecule has 364 valence electrons. The molecule has 0 aromatic heterocycles. The summed E-state index contributed by atoms with van der Waals surface area (Å²) in [6.07, 6.45) is 0. The molecule has 2 aliphatic carbocycles. The highest BCUT2D eigenvalue weighted by atomic mass is 16.5. The number of hydrogen-bond acceptors (Lipinski definition) is 2. The van der Waals surface area contributed by atoms with Crippen molar-refractivity contribution in [1.82, 2.24) is 0 Å². The van der Waals surface area contributed by atoms with E-state index in [9.17, 15) is 0 Å². The van der Waals surface area contributed by atoms with E-state index < -0.39 is 10.8 Å². The first-order chi connectivity index (χ1) is 38.7. The van der Waals surface area contributed by atoms with E-state index in [2.05, 4.69) is 302 Å². The Morgan fingerprint density at radius 3 is 1.31 bits per heavy atom. The fraction of sp³-hybridized carbons (Fsp3) is 0.0263. The zero-order valence-electron chi connectivity index (χ0n) is 42.6. The topological polar surface area (TPSA) is 12.5 Å². The Bertz CT molecular complexity index is 4400. The van der Waals surface area contributed by atoms with Gasteiger partial charge in [-0.05, 0) is 131 Å². The Balaban J connectivity index is 0.883. The monoisotopic (exact) mass is 991 g/mol. The van der Waals surface area contributed by atoms with Gasteiger partial charge in [-0.2, -0.15) is 0 Å². The minimum Gasteiger partial charge on any atom is -0.455 e. The van der Waals surface area contributed by atoms with Crippen LogP contribution in [0.15, 0.2) is 297 Å². The molecule has 13 aromatic rings. The summed E-state index contributed by atoms with van der Waals surface area (Å²) in [5.74, 6) is 1.84. The van der Waals surface area contributed by atoms with E-state index in [-0.39, 0.29) is 0 Å². The van der Waals surface area contributed by atoms with Crippen LogP contribution in [0.1, 0.15) is 44.5 Å². The van der Waals surface area contributed by atoms with E-state index in [0.717, 1.165) is 77.9 Å². The van der Waals surface area contributed by atoms with Gasteiger partial charge in [-0.25, -0.2) is 0 Å². The van der Waals surface area contributed by atoms with Gasteiger partial charge in [-0.1, -0.05) is 255 Å². The van der Waals surface area contributed by atoms with Crippen LogP contribution in [-0.4, -0.2) is 0 Å². The summed E-state index contributed by atoms with van der Waals surface area (Å²) in [6.45, 7) is 0. The summed E-state index contributed by atoms with van der Waals surface area (Å²) in [5.41, 5.74) is 21.7. The molecular formula is C76H49NO. The molecule has 78 heavy (non-hydrogen) atoms. The summed E-state index contributed by atoms with van der Waals surface area (Å²) >= 11 is 0. The average molecular weight is 992 g/mol. The predicted octanol–water partition coefficient (Wildman–Crippen LogP) is 19.6. The van der Waals surface area contributed by atoms with Crippen LogP contribution < -0.4 is 9.64 Å². The van der Waals surface area contributed by atoms with E-state index >= 15 is 0 Å². The van der Waals surface area contributed by atoms with Gasteiger partial charge in [0.25, 0.3) is 0 Å². The van der Waals surface area contributed by atoms with Gasteiger partial charge in [0.05, 0.1) is 10.8 Å². The van der Waals surface area contributed by atoms with Gasteiger partial charge in [-0.15, -0.1) is 0 Å². The second-order valence-corrected chi connectivity index (χ2v) is 21.0. The summed E-state index contributed by atoms with van der Waals surface area (Å²) in [4.78, 5) is 2.44. The van der Waals surface area contributed by atoms with Crippen molar-refractivity contribution in [3.8, 4) is 56.0 Å². The Labute approximate surface area is 454 Å². The van der Waals surface area contributed by atoms with Crippen molar-refractivity contribution in [3.63, 3.8) is 0 Å². The molecule has 0 unspecified atom stereocenters. The van der Waals surface area contributed by atoms with Gasteiger partial charge in [0.2, 0.25) is 0 Å². The van der Waals surface area contributed by atoms with Crippen molar-refractivity contribution in [2.75, 3.05) is 4.90 Å². The van der Waals surface area contributed by atoms with Gasteiger partial charge in [0.1, 0.15) is 11.5 Å². The first kappa shape index (κ1) is 44.3. The molecule has 16 rings (SSSR count). The quantitative estimate of drug-likeness (QED) is 0.158. The van der Waals surface area contributed by atoms with Crippen LogP contribution in [0.4, 0.5) is 17.1 Å². The summed E-state index contributed by atoms with van der Waals surface area (Å²) < 4.78 is 7.27. The molecule has 2 heteroatoms. The Kier molecular flexibility index (Phi) is 9.80. The molecule has 2 nitrogen and oxygen atoms in total. The van der Waals surface area contributed by atoms with Gasteiger partial charge in [0, 0.05) is 39.0 Å². The molecule has 0 bridgehead atoms. The summed E-state index contributed by atoms with van der Waals surface area (Å²) in [5, 5.41) is 4.55. The standard InChI is InChI=1S/C76H49NO/c1-4-19-50(20-5-1)54-23-18-28-59(47-54)77(60-42-44-66-63-31-14-16-33-67(63)75(72(66)49-60,56-24-6-2-7-25-56)57-26-8-3-9-27-57)58-40-35-51(36-41-58)55-37-43-65-64-32-15-17-34-68(64)76(71(65)48-55)69-45-38-52-21-10-12-29-61(52)73(69)78-74-62-30-13-11-22-53(62)39-46-70(74)76/h1-49H. The van der Waals surface area contributed by atoms with Crippen LogP contribution in [0.3, 0.4) is 0 Å². The Morgan fingerprint density at radius 1 is 0.244 bits per heavy atom. The zero-order valence-corrected chi connectivity index (χ0v) is 42.6. The van der Waals surface area contributed by atoms with Crippen LogP contribution >= 0.6 is 0 Å². The first-order valence-electron chi connectivity index (χ1n) is 27.1. The minimum absolute atomic E-state index is 0.540. The lowest BCUT2D eigenvalue weighted by molar-refractivity contribution is 0.447. The third-order valence-corrected chi connectivity index (χ3v) is 17.2. The molecule has 13 aromatic carbocycles. The summed E-state index contributed by atoms with van der Waals surface area (Å²) in [6, 6.07) is 110. The number of fused-ring (bicyclic) bond motifs is 16. The molecule has 1 spiro atoms. The van der Waals surface area contributed by atoms with Gasteiger partial charge in [0.15, 0.2) is 0 Å². The Hall–Kier alpha value is -10.0. The van der Waals surface area contributed by atoms with Crippen LogP contribution in [0.2, 0.25) is 0 Å². The highest BCUT2D eigenvalue weighted by Crippen LogP contribution is 2.64. The molecule has 0 atom stereocenters. The smallest absolute Gasteiger partial charge is 0.140 e. The van der Waals surface area contributed by atoms with Crippen LogP contribution in [0.5, 0.6) is 11.5 Å². The number of hydrogen-bond donors (Lipinski definition) is 0. The normalized spacial score (nSPS) is 13.7. The highest BCUT2D eigenvalue weighted by molar-refractivity contribution is 6.00. The number of anilines is 3. The van der Waals surface area contributed by atoms with Crippen molar-refractivity contribution < 1.29 is 4.74 Å². The molecule has 0 saturated carbocycles. The third-order valence-electron chi connectivity index (χ3n) is 17.2. The zero-order chi connectivity index (χ0) is 51.4. The average Bonchev–Trinajstić information content (AvgIpc) is 4.17. The van der Waals surface area contributed by atoms with E-state index in [1.54, 1.807) is 0 Å². The molecule has 0 radical (unpaired) electrons. The van der Waals surface area contributed by atoms with Crippen molar-refractivity contribution in [2.45, 2.75) is 10.8 Å². The maximum absolute atomic E-state index is 7.27. The molecule has 1 heterocycles. The Morgan fingerprint density at radius 2 is 0.679 bits per heavy atom. The number of benzene rings is 13. The predicted molar refractivity (Wildman–Crippen MR) is 322 cm³/mol. The van der Waals surface area contributed by atoms with Gasteiger partial charge >= 0.3 is 0 Å². The maximum atomic E-state index is 7.27. The second-order valence-electron chi connectivity index (χ2n) is 21.0. The number of ether oxygens (including phenoxy) is 1. The second kappa shape index (κ2) is 17.3. The fourth-order valence-corrected chi connectivity index (χ4v) is 13.9. The fourth-order valence-electron chi connectivity index (χ4n) is 13.9. The highest BCUT2D eigenvalue weighted by Gasteiger charge is 2.52. The van der Waals surface area contributed by atoms with Crippen LogP contribution in [0, 0.1) is 0 Å². The lowest BCUT2D eigenvalue weighted by Gasteiger charge is -2.40. The number of rotatable bonds is 7. The van der Waals surface area contributed by atoms with E-state index in [1.807, 2.05) is 0 Å². The molecule has 0 N–H and O–H groups in total. The van der Waals surface area contributed by atoms with E-state index in [4.69, 9.17) is 4.74 Å². The molecule has 3 aliphatic rings. The largest absolute Gasteiger partial charge is 0.455 e. The third kappa shape index (κ3) is 6.32. The molecule has 0 saturated heterocycles. The lowest BCUT2D eigenvalue weighted by Crippen LogP contribution is -2.32. The number of nitrogens with zero attached hydrogens (tertiary/aromatic N) is 1. The molecule has 0 amide bonds. The van der Waals surface area contributed by atoms with E-state index in [0.29, 0.717) is 0 Å². The van der Waals surface area contributed by atoms with Crippen molar-refractivity contribution in [1.29, 1.82) is 0 Å². The minimum atomic E-state index is -0.638. The van der Waals surface area contributed by atoms with Crippen LogP contribution in [-0.2, 0) is 10.8 Å².